The fourth-order valence-corrected chi connectivity index (χ4v) is 3.97. The van der Waals surface area contributed by atoms with Gasteiger partial charge in [-0.15, -0.1) is 0 Å². The summed E-state index contributed by atoms with van der Waals surface area (Å²) in [5.41, 5.74) is -0.652. The summed E-state index contributed by atoms with van der Waals surface area (Å²) in [6, 6.07) is 3.64. The van der Waals surface area contributed by atoms with Crippen LogP contribution in [-0.2, 0) is 20.8 Å². The van der Waals surface area contributed by atoms with Crippen molar-refractivity contribution < 1.29 is 23.9 Å². The highest BCUT2D eigenvalue weighted by Gasteiger charge is 2.55. The van der Waals surface area contributed by atoms with Crippen LogP contribution in [0.3, 0.4) is 0 Å². The number of carbonyl (C=O) groups is 3. The molecule has 1 atom stereocenters. The van der Waals surface area contributed by atoms with Crippen molar-refractivity contribution in [3.63, 3.8) is 0 Å². The van der Waals surface area contributed by atoms with E-state index >= 15 is 0 Å². The maximum absolute atomic E-state index is 12.3. The van der Waals surface area contributed by atoms with Gasteiger partial charge in [0.2, 0.25) is 11.8 Å². The number of piperidine rings is 1. The molecule has 0 radical (unpaired) electrons. The zero-order chi connectivity index (χ0) is 17.3. The summed E-state index contributed by atoms with van der Waals surface area (Å²) in [5.74, 6) is -0.912. The van der Waals surface area contributed by atoms with Crippen molar-refractivity contribution in [1.82, 2.24) is 9.80 Å². The topological polar surface area (TPSA) is 91.1 Å². The summed E-state index contributed by atoms with van der Waals surface area (Å²) in [5, 5.41) is 9.46. The molecule has 2 aliphatic rings. The van der Waals surface area contributed by atoms with E-state index in [1.54, 1.807) is 29.2 Å². The number of furan rings is 1. The quantitative estimate of drug-likeness (QED) is 0.891. The molecule has 0 bridgehead atoms. The van der Waals surface area contributed by atoms with Crippen molar-refractivity contribution in [2.24, 2.45) is 5.92 Å². The van der Waals surface area contributed by atoms with Crippen molar-refractivity contribution in [3.05, 3.63) is 24.2 Å². The zero-order valence-electron chi connectivity index (χ0n) is 13.7. The monoisotopic (exact) mass is 334 g/mol. The van der Waals surface area contributed by atoms with Crippen LogP contribution in [0.5, 0.6) is 0 Å². The number of carboxylic acids is 1. The van der Waals surface area contributed by atoms with E-state index in [1.165, 1.54) is 0 Å². The maximum Gasteiger partial charge on any atom is 0.309 e. The largest absolute Gasteiger partial charge is 0.481 e. The van der Waals surface area contributed by atoms with E-state index < -0.39 is 17.4 Å². The van der Waals surface area contributed by atoms with E-state index in [2.05, 4.69) is 0 Å². The van der Waals surface area contributed by atoms with Crippen LogP contribution in [0.15, 0.2) is 22.8 Å². The molecule has 2 amide bonds. The number of hydrogen-bond acceptors (Lipinski definition) is 4. The van der Waals surface area contributed by atoms with Crippen molar-refractivity contribution in [3.8, 4) is 0 Å². The van der Waals surface area contributed by atoms with E-state index in [4.69, 9.17) is 4.42 Å². The molecule has 0 unspecified atom stereocenters. The average molecular weight is 334 g/mol. The van der Waals surface area contributed by atoms with Gasteiger partial charge in [-0.1, -0.05) is 0 Å². The van der Waals surface area contributed by atoms with Crippen LogP contribution in [0.25, 0.3) is 0 Å². The van der Waals surface area contributed by atoms with Crippen LogP contribution in [0.2, 0.25) is 0 Å². The summed E-state index contributed by atoms with van der Waals surface area (Å²) in [6.45, 7) is 0.969. The van der Waals surface area contributed by atoms with Crippen LogP contribution in [0.1, 0.15) is 31.4 Å². The first-order valence-electron chi connectivity index (χ1n) is 8.24. The summed E-state index contributed by atoms with van der Waals surface area (Å²) in [4.78, 5) is 39.2. The fraction of sp³-hybridized carbons (Fsp3) is 0.588. The number of aryl methyl sites for hydroxylation is 1. The van der Waals surface area contributed by atoms with Crippen LogP contribution in [-0.4, -0.2) is 58.4 Å². The molecule has 2 aliphatic heterocycles. The average Bonchev–Trinajstić information content (AvgIpc) is 3.17. The third-order valence-corrected chi connectivity index (χ3v) is 5.51. The van der Waals surface area contributed by atoms with Crippen molar-refractivity contribution >= 4 is 17.8 Å². The second-order valence-electron chi connectivity index (χ2n) is 6.61. The molecule has 1 aromatic heterocycles. The molecule has 3 heterocycles. The fourth-order valence-electron chi connectivity index (χ4n) is 3.97. The summed E-state index contributed by atoms with van der Waals surface area (Å²) < 4.78 is 5.23. The Labute approximate surface area is 140 Å². The van der Waals surface area contributed by atoms with E-state index in [9.17, 15) is 19.5 Å². The first-order valence-corrected chi connectivity index (χ1v) is 8.24. The number of rotatable bonds is 4. The second kappa shape index (κ2) is 6.30. The number of amides is 2. The molecular formula is C17H22N2O5. The maximum atomic E-state index is 12.3. The number of carboxylic acid groups (broad SMARTS) is 1. The number of likely N-dealkylation sites (tertiary alicyclic amines) is 2. The Balaban J connectivity index is 1.61. The summed E-state index contributed by atoms with van der Waals surface area (Å²) in [7, 11) is 1.68. The molecule has 1 spiro atoms. The molecule has 2 fully saturated rings. The summed E-state index contributed by atoms with van der Waals surface area (Å²) in [6.07, 6.45) is 3.60. The lowest BCUT2D eigenvalue weighted by Gasteiger charge is -2.45. The lowest BCUT2D eigenvalue weighted by molar-refractivity contribution is -0.147. The van der Waals surface area contributed by atoms with Crippen LogP contribution in [0, 0.1) is 5.92 Å². The van der Waals surface area contributed by atoms with Gasteiger partial charge in [0.05, 0.1) is 17.7 Å². The summed E-state index contributed by atoms with van der Waals surface area (Å²) >= 11 is 0. The van der Waals surface area contributed by atoms with Crippen molar-refractivity contribution in [1.29, 1.82) is 0 Å². The molecule has 24 heavy (non-hydrogen) atoms. The smallest absolute Gasteiger partial charge is 0.309 e. The van der Waals surface area contributed by atoms with Gasteiger partial charge in [0.1, 0.15) is 5.76 Å². The first kappa shape index (κ1) is 16.5. The minimum Gasteiger partial charge on any atom is -0.481 e. The van der Waals surface area contributed by atoms with Crippen LogP contribution in [0.4, 0.5) is 0 Å². The van der Waals surface area contributed by atoms with E-state index in [-0.39, 0.29) is 18.2 Å². The minimum atomic E-state index is -0.926. The Morgan fingerprint density at radius 2 is 2.08 bits per heavy atom. The third kappa shape index (κ3) is 2.79. The van der Waals surface area contributed by atoms with E-state index in [0.717, 1.165) is 5.76 Å². The van der Waals surface area contributed by atoms with Crippen LogP contribution >= 0.6 is 0 Å². The van der Waals surface area contributed by atoms with Gasteiger partial charge in [-0.3, -0.25) is 14.4 Å². The number of carbonyl (C=O) groups excluding carboxylic acids is 2. The van der Waals surface area contributed by atoms with Gasteiger partial charge in [-0.05, 0) is 25.0 Å². The van der Waals surface area contributed by atoms with Crippen LogP contribution < -0.4 is 0 Å². The molecule has 1 aromatic rings. The van der Waals surface area contributed by atoms with Gasteiger partial charge < -0.3 is 19.3 Å². The normalized spacial score (nSPS) is 23.0. The van der Waals surface area contributed by atoms with Gasteiger partial charge in [-0.25, -0.2) is 0 Å². The number of nitrogens with zero attached hydrogens (tertiary/aromatic N) is 2. The third-order valence-electron chi connectivity index (χ3n) is 5.51. The molecule has 3 rings (SSSR count). The molecular weight excluding hydrogens is 312 g/mol. The Morgan fingerprint density at radius 3 is 2.67 bits per heavy atom. The second-order valence-corrected chi connectivity index (χ2v) is 6.61. The Morgan fingerprint density at radius 1 is 1.38 bits per heavy atom. The molecule has 130 valence electrons. The van der Waals surface area contributed by atoms with E-state index in [1.807, 2.05) is 6.07 Å². The van der Waals surface area contributed by atoms with Gasteiger partial charge >= 0.3 is 5.97 Å². The molecule has 0 aromatic carbocycles. The lowest BCUT2D eigenvalue weighted by atomic mass is 9.77. The highest BCUT2D eigenvalue weighted by molar-refractivity contribution is 5.88. The van der Waals surface area contributed by atoms with Crippen molar-refractivity contribution in [2.75, 3.05) is 20.1 Å². The molecule has 1 N–H and O–H groups in total. The highest BCUT2D eigenvalue weighted by atomic mass is 16.4. The van der Waals surface area contributed by atoms with Gasteiger partial charge in [0.25, 0.3) is 0 Å². The van der Waals surface area contributed by atoms with E-state index in [0.29, 0.717) is 38.8 Å². The number of aliphatic carboxylic acids is 1. The predicted octanol–water partition coefficient (Wildman–Crippen LogP) is 1.14. The Kier molecular flexibility index (Phi) is 4.34. The van der Waals surface area contributed by atoms with Gasteiger partial charge in [-0.2, -0.15) is 0 Å². The van der Waals surface area contributed by atoms with Gasteiger partial charge in [0, 0.05) is 39.4 Å². The zero-order valence-corrected chi connectivity index (χ0v) is 13.7. The molecule has 0 saturated carbocycles. The van der Waals surface area contributed by atoms with Crippen molar-refractivity contribution in [2.45, 2.75) is 37.6 Å². The molecule has 2 saturated heterocycles. The number of hydrogen-bond donors (Lipinski definition) is 1. The Hall–Kier alpha value is -2.31. The minimum absolute atomic E-state index is 0.0418. The Bertz CT molecular complexity index is 631. The molecule has 0 aliphatic carbocycles. The first-order chi connectivity index (χ1) is 11.4. The lowest BCUT2D eigenvalue weighted by Crippen LogP contribution is -2.56. The standard InChI is InChI=1S/C17H22N2O5/c1-18-15(21)11-13(16(22)23)17(18)6-8-19(9-7-17)14(20)5-4-12-3-2-10-24-12/h2-3,10,13H,4-9,11H2,1H3,(H,22,23)/t13-/m1/s1. The predicted molar refractivity (Wildman–Crippen MR) is 84.1 cm³/mol. The molecule has 7 heteroatoms. The SMILES string of the molecule is CN1C(=O)C[C@H](C(=O)O)C12CCN(C(=O)CCc1ccco1)CC2. The highest BCUT2D eigenvalue weighted by Crippen LogP contribution is 2.42. The molecule has 7 nitrogen and oxygen atoms in total. The van der Waals surface area contributed by atoms with Gasteiger partial charge in [0.15, 0.2) is 0 Å².